The minimum Gasteiger partial charge on any atom is -0.464 e. The van der Waals surface area contributed by atoms with E-state index in [1.165, 1.54) is 7.11 Å². The topological polar surface area (TPSA) is 91.4 Å². The molecular formula is C25H19ClN2O4. The van der Waals surface area contributed by atoms with E-state index in [-0.39, 0.29) is 16.6 Å². The molecule has 0 aliphatic carbocycles. The lowest BCUT2D eigenvalue weighted by molar-refractivity contribution is 0.0589. The highest BCUT2D eigenvalue weighted by Gasteiger charge is 2.31. The summed E-state index contributed by atoms with van der Waals surface area (Å²) in [5, 5.41) is 0.659. The Morgan fingerprint density at radius 2 is 1.59 bits per heavy atom. The molecular weight excluding hydrogens is 428 g/mol. The van der Waals surface area contributed by atoms with Crippen molar-refractivity contribution in [2.24, 2.45) is 5.73 Å². The molecule has 4 rings (SSSR count). The van der Waals surface area contributed by atoms with Gasteiger partial charge in [-0.05, 0) is 30.3 Å². The number of nitrogens with two attached hydrogens (primary N) is 1. The maximum absolute atomic E-state index is 13.5. The van der Waals surface area contributed by atoms with Gasteiger partial charge in [-0.25, -0.2) is 4.79 Å². The number of carbonyl (C=O) groups excluding carboxylic acids is 2. The average molecular weight is 447 g/mol. The van der Waals surface area contributed by atoms with Gasteiger partial charge >= 0.3 is 5.97 Å². The van der Waals surface area contributed by atoms with E-state index < -0.39 is 23.2 Å². The number of Topliss-reactive ketones (excluding diaryl/α,β-unsaturated/α-hetero) is 1. The first-order chi connectivity index (χ1) is 15.4. The van der Waals surface area contributed by atoms with Crippen LogP contribution in [-0.4, -0.2) is 23.4 Å². The Morgan fingerprint density at radius 1 is 0.969 bits per heavy atom. The van der Waals surface area contributed by atoms with Gasteiger partial charge in [-0.2, -0.15) is 0 Å². The SMILES string of the molecule is COC(=O)c1c(C(N)C(=O)c2ccccc2)c(=O)c2ccc(Cl)cc2n1-c1ccccc1. The maximum Gasteiger partial charge on any atom is 0.355 e. The monoisotopic (exact) mass is 446 g/mol. The molecule has 0 saturated heterocycles. The van der Waals surface area contributed by atoms with E-state index in [9.17, 15) is 14.4 Å². The van der Waals surface area contributed by atoms with Gasteiger partial charge in [-0.3, -0.25) is 9.59 Å². The van der Waals surface area contributed by atoms with Gasteiger partial charge in [0.05, 0.1) is 18.2 Å². The summed E-state index contributed by atoms with van der Waals surface area (Å²) < 4.78 is 6.57. The molecule has 0 amide bonds. The number of esters is 1. The Balaban J connectivity index is 2.12. The van der Waals surface area contributed by atoms with Gasteiger partial charge in [0, 0.05) is 21.7 Å². The highest BCUT2D eigenvalue weighted by molar-refractivity contribution is 6.31. The van der Waals surface area contributed by atoms with E-state index in [4.69, 9.17) is 22.1 Å². The molecule has 0 spiro atoms. The van der Waals surface area contributed by atoms with Crippen LogP contribution in [-0.2, 0) is 4.74 Å². The Hall–Kier alpha value is -3.74. The standard InChI is InChI=1S/C25H19ClN2O4/c1-32-25(31)22-20(21(27)23(29)15-8-4-2-5-9-15)24(30)18-13-12-16(26)14-19(18)28(22)17-10-6-3-7-11-17/h2-14,21H,27H2,1H3. The van der Waals surface area contributed by atoms with E-state index in [2.05, 4.69) is 0 Å². The average Bonchev–Trinajstić information content (AvgIpc) is 2.83. The Bertz CT molecular complexity index is 1380. The summed E-state index contributed by atoms with van der Waals surface area (Å²) in [6.45, 7) is 0. The number of para-hydroxylation sites is 1. The summed E-state index contributed by atoms with van der Waals surface area (Å²) >= 11 is 6.22. The van der Waals surface area contributed by atoms with Crippen molar-refractivity contribution in [1.82, 2.24) is 4.57 Å². The summed E-state index contributed by atoms with van der Waals surface area (Å²) in [6.07, 6.45) is 0. The predicted molar refractivity (Wildman–Crippen MR) is 124 cm³/mol. The summed E-state index contributed by atoms with van der Waals surface area (Å²) in [7, 11) is 1.21. The van der Waals surface area contributed by atoms with Crippen molar-refractivity contribution in [2.45, 2.75) is 6.04 Å². The van der Waals surface area contributed by atoms with Crippen molar-refractivity contribution in [3.8, 4) is 5.69 Å². The van der Waals surface area contributed by atoms with Gasteiger partial charge in [0.2, 0.25) is 0 Å². The van der Waals surface area contributed by atoms with Crippen LogP contribution >= 0.6 is 11.6 Å². The molecule has 0 bridgehead atoms. The molecule has 160 valence electrons. The number of carbonyl (C=O) groups is 2. The van der Waals surface area contributed by atoms with E-state index in [0.29, 0.717) is 21.8 Å². The first kappa shape index (κ1) is 21.5. The summed E-state index contributed by atoms with van der Waals surface area (Å²) in [6, 6.07) is 20.7. The van der Waals surface area contributed by atoms with Gasteiger partial charge in [0.15, 0.2) is 11.2 Å². The van der Waals surface area contributed by atoms with Crippen LogP contribution < -0.4 is 11.2 Å². The molecule has 0 saturated carbocycles. The number of aromatic nitrogens is 1. The number of pyridine rings is 1. The summed E-state index contributed by atoms with van der Waals surface area (Å²) in [4.78, 5) is 39.7. The molecule has 4 aromatic rings. The number of ether oxygens (including phenoxy) is 1. The van der Waals surface area contributed by atoms with Crippen molar-refractivity contribution in [3.05, 3.63) is 111 Å². The van der Waals surface area contributed by atoms with Crippen LogP contribution in [0.5, 0.6) is 0 Å². The van der Waals surface area contributed by atoms with Gasteiger partial charge in [-0.1, -0.05) is 60.1 Å². The second-order valence-electron chi connectivity index (χ2n) is 7.12. The number of methoxy groups -OCH3 is 1. The molecule has 1 atom stereocenters. The van der Waals surface area contributed by atoms with Crippen LogP contribution in [0.25, 0.3) is 16.6 Å². The zero-order valence-corrected chi connectivity index (χ0v) is 17.9. The van der Waals surface area contributed by atoms with E-state index in [0.717, 1.165) is 0 Å². The normalized spacial score (nSPS) is 11.8. The van der Waals surface area contributed by atoms with Crippen molar-refractivity contribution >= 4 is 34.3 Å². The zero-order chi connectivity index (χ0) is 22.8. The maximum atomic E-state index is 13.5. The molecule has 1 heterocycles. The van der Waals surface area contributed by atoms with Crippen LogP contribution in [0.3, 0.4) is 0 Å². The number of hydrogen-bond donors (Lipinski definition) is 1. The van der Waals surface area contributed by atoms with Crippen molar-refractivity contribution in [3.63, 3.8) is 0 Å². The molecule has 0 radical (unpaired) electrons. The van der Waals surface area contributed by atoms with E-state index in [1.807, 2.05) is 6.07 Å². The number of benzene rings is 3. The minimum atomic E-state index is -1.38. The minimum absolute atomic E-state index is 0.116. The highest BCUT2D eigenvalue weighted by Crippen LogP contribution is 2.28. The molecule has 0 aliphatic rings. The summed E-state index contributed by atoms with van der Waals surface area (Å²) in [5.74, 6) is -1.28. The lowest BCUT2D eigenvalue weighted by Gasteiger charge is -2.22. The fourth-order valence-electron chi connectivity index (χ4n) is 3.72. The molecule has 1 unspecified atom stereocenters. The van der Waals surface area contributed by atoms with Crippen LogP contribution in [0.15, 0.2) is 83.7 Å². The fraction of sp³-hybridized carbons (Fsp3) is 0.0800. The molecule has 7 heteroatoms. The number of hydrogen-bond acceptors (Lipinski definition) is 5. The van der Waals surface area contributed by atoms with Crippen LogP contribution in [0.2, 0.25) is 5.02 Å². The quantitative estimate of drug-likeness (QED) is 0.364. The molecule has 0 fully saturated rings. The van der Waals surface area contributed by atoms with Gasteiger partial charge in [-0.15, -0.1) is 0 Å². The van der Waals surface area contributed by atoms with Crippen molar-refractivity contribution in [2.75, 3.05) is 7.11 Å². The Labute approximate surface area is 188 Å². The van der Waals surface area contributed by atoms with Crippen molar-refractivity contribution in [1.29, 1.82) is 0 Å². The second kappa shape index (κ2) is 8.78. The molecule has 2 N–H and O–H groups in total. The number of nitrogens with zero attached hydrogens (tertiary/aromatic N) is 1. The molecule has 6 nitrogen and oxygen atoms in total. The molecule has 0 aliphatic heterocycles. The van der Waals surface area contributed by atoms with Gasteiger partial charge < -0.3 is 15.0 Å². The highest BCUT2D eigenvalue weighted by atomic mass is 35.5. The third-order valence-corrected chi connectivity index (χ3v) is 5.45. The van der Waals surface area contributed by atoms with Crippen LogP contribution in [0.1, 0.15) is 32.5 Å². The predicted octanol–water partition coefficient (Wildman–Crippen LogP) is 4.31. The third kappa shape index (κ3) is 3.70. The lowest BCUT2D eigenvalue weighted by Crippen LogP contribution is -2.33. The molecule has 32 heavy (non-hydrogen) atoms. The van der Waals surface area contributed by atoms with E-state index >= 15 is 0 Å². The van der Waals surface area contributed by atoms with Gasteiger partial charge in [0.25, 0.3) is 0 Å². The fourth-order valence-corrected chi connectivity index (χ4v) is 3.89. The Kier molecular flexibility index (Phi) is 5.90. The zero-order valence-electron chi connectivity index (χ0n) is 17.1. The Morgan fingerprint density at radius 3 is 2.22 bits per heavy atom. The number of rotatable bonds is 5. The molecule has 3 aromatic carbocycles. The van der Waals surface area contributed by atoms with Crippen LogP contribution in [0, 0.1) is 0 Å². The van der Waals surface area contributed by atoms with Gasteiger partial charge in [0.1, 0.15) is 11.7 Å². The molecule has 1 aromatic heterocycles. The lowest BCUT2D eigenvalue weighted by atomic mass is 9.94. The number of fused-ring (bicyclic) bond motifs is 1. The van der Waals surface area contributed by atoms with Crippen molar-refractivity contribution < 1.29 is 14.3 Å². The third-order valence-electron chi connectivity index (χ3n) is 5.21. The first-order valence-corrected chi connectivity index (χ1v) is 10.2. The first-order valence-electron chi connectivity index (χ1n) is 9.80. The van der Waals surface area contributed by atoms with Crippen LogP contribution in [0.4, 0.5) is 0 Å². The second-order valence-corrected chi connectivity index (χ2v) is 7.56. The van der Waals surface area contributed by atoms with E-state index in [1.54, 1.807) is 77.4 Å². The summed E-state index contributed by atoms with van der Waals surface area (Å²) in [5.41, 5.74) is 6.87. The smallest absolute Gasteiger partial charge is 0.355 e. The largest absolute Gasteiger partial charge is 0.464 e. The number of ketones is 1. The number of halogens is 1.